The quantitative estimate of drug-likeness (QED) is 0.270. The Labute approximate surface area is 202 Å². The predicted octanol–water partition coefficient (Wildman–Crippen LogP) is 6.66. The van der Waals surface area contributed by atoms with Crippen LogP contribution in [0.3, 0.4) is 0 Å². The number of fused-ring (bicyclic) bond motifs is 1. The highest BCUT2D eigenvalue weighted by Gasteiger charge is 2.21. The summed E-state index contributed by atoms with van der Waals surface area (Å²) in [5.41, 5.74) is 3.50. The van der Waals surface area contributed by atoms with Gasteiger partial charge in [-0.15, -0.1) is 11.3 Å². The van der Waals surface area contributed by atoms with Gasteiger partial charge in [0.15, 0.2) is 11.6 Å². The zero-order valence-electron chi connectivity index (χ0n) is 18.1. The number of halogens is 3. The van der Waals surface area contributed by atoms with Crippen molar-refractivity contribution in [3.8, 4) is 22.5 Å². The van der Waals surface area contributed by atoms with Gasteiger partial charge in [-0.25, -0.2) is 23.1 Å². The first-order chi connectivity index (χ1) is 16.9. The summed E-state index contributed by atoms with van der Waals surface area (Å²) >= 11 is 0.929. The van der Waals surface area contributed by atoms with E-state index in [4.69, 9.17) is 4.98 Å². The van der Waals surface area contributed by atoms with Crippen LogP contribution < -0.4 is 0 Å². The fourth-order valence-corrected chi connectivity index (χ4v) is 4.98. The summed E-state index contributed by atoms with van der Waals surface area (Å²) in [7, 11) is 0. The SMILES string of the molecule is O=C(O)Cc1cc(Cc2nc3c(F)c(F)cc(F)c3s2)c(-c2ccccc2)nc1-c1ccccc1. The Kier molecular flexibility index (Phi) is 6.05. The molecule has 8 heteroatoms. The van der Waals surface area contributed by atoms with E-state index < -0.39 is 23.4 Å². The van der Waals surface area contributed by atoms with E-state index in [0.29, 0.717) is 33.6 Å². The molecule has 0 unspecified atom stereocenters. The summed E-state index contributed by atoms with van der Waals surface area (Å²) < 4.78 is 42.1. The Bertz CT molecular complexity index is 1550. The van der Waals surface area contributed by atoms with Gasteiger partial charge >= 0.3 is 5.97 Å². The van der Waals surface area contributed by atoms with E-state index >= 15 is 0 Å². The number of carbonyl (C=O) groups is 1. The van der Waals surface area contributed by atoms with E-state index in [1.807, 2.05) is 60.7 Å². The van der Waals surface area contributed by atoms with Gasteiger partial charge in [0.2, 0.25) is 0 Å². The van der Waals surface area contributed by atoms with Gasteiger partial charge in [-0.05, 0) is 11.1 Å². The van der Waals surface area contributed by atoms with Crippen molar-refractivity contribution in [2.75, 3.05) is 0 Å². The molecule has 35 heavy (non-hydrogen) atoms. The monoisotopic (exact) mass is 490 g/mol. The number of benzene rings is 3. The van der Waals surface area contributed by atoms with E-state index in [1.165, 1.54) is 0 Å². The van der Waals surface area contributed by atoms with Crippen LogP contribution in [0.1, 0.15) is 16.1 Å². The number of carboxylic acid groups (broad SMARTS) is 1. The maximum atomic E-state index is 14.3. The van der Waals surface area contributed by atoms with Crippen molar-refractivity contribution < 1.29 is 23.1 Å². The average Bonchev–Trinajstić information content (AvgIpc) is 3.28. The largest absolute Gasteiger partial charge is 0.481 e. The highest BCUT2D eigenvalue weighted by molar-refractivity contribution is 7.18. The lowest BCUT2D eigenvalue weighted by Crippen LogP contribution is -2.07. The third kappa shape index (κ3) is 4.52. The third-order valence-corrected chi connectivity index (χ3v) is 6.58. The summed E-state index contributed by atoms with van der Waals surface area (Å²) in [5, 5.41) is 9.89. The molecule has 3 aromatic carbocycles. The molecule has 0 aliphatic carbocycles. The maximum Gasteiger partial charge on any atom is 0.307 e. The van der Waals surface area contributed by atoms with Crippen LogP contribution in [0, 0.1) is 17.5 Å². The normalized spacial score (nSPS) is 11.2. The minimum Gasteiger partial charge on any atom is -0.481 e. The van der Waals surface area contributed by atoms with Gasteiger partial charge in [0.1, 0.15) is 11.3 Å². The Morgan fingerprint density at radius 2 is 1.40 bits per heavy atom. The molecule has 2 heterocycles. The number of rotatable bonds is 6. The molecule has 0 atom stereocenters. The number of carboxylic acids is 1. The second-order valence-electron chi connectivity index (χ2n) is 7.92. The highest BCUT2D eigenvalue weighted by atomic mass is 32.1. The van der Waals surface area contributed by atoms with Gasteiger partial charge in [-0.2, -0.15) is 0 Å². The molecule has 4 nitrogen and oxygen atoms in total. The van der Waals surface area contributed by atoms with E-state index in [2.05, 4.69) is 4.98 Å². The van der Waals surface area contributed by atoms with Crippen LogP contribution in [0.25, 0.3) is 32.7 Å². The Morgan fingerprint density at radius 1 is 0.800 bits per heavy atom. The van der Waals surface area contributed by atoms with E-state index in [9.17, 15) is 23.1 Å². The van der Waals surface area contributed by atoms with Gasteiger partial charge < -0.3 is 5.11 Å². The van der Waals surface area contributed by atoms with Crippen LogP contribution in [0.2, 0.25) is 0 Å². The Morgan fingerprint density at radius 3 is 2.00 bits per heavy atom. The van der Waals surface area contributed by atoms with Crippen molar-refractivity contribution in [2.45, 2.75) is 12.8 Å². The van der Waals surface area contributed by atoms with Crippen molar-refractivity contribution in [3.05, 3.63) is 106 Å². The molecule has 0 saturated carbocycles. The molecule has 2 aromatic heterocycles. The molecular weight excluding hydrogens is 473 g/mol. The lowest BCUT2D eigenvalue weighted by Gasteiger charge is -2.15. The van der Waals surface area contributed by atoms with E-state index in [0.717, 1.165) is 22.5 Å². The highest BCUT2D eigenvalue weighted by Crippen LogP contribution is 2.34. The molecule has 0 aliphatic rings. The minimum atomic E-state index is -1.30. The molecule has 0 spiro atoms. The van der Waals surface area contributed by atoms with Crippen molar-refractivity contribution in [1.82, 2.24) is 9.97 Å². The van der Waals surface area contributed by atoms with E-state index in [-0.39, 0.29) is 23.1 Å². The molecule has 1 N–H and O–H groups in total. The van der Waals surface area contributed by atoms with Crippen molar-refractivity contribution >= 4 is 27.5 Å². The number of thiazole rings is 1. The number of nitrogens with zero attached hydrogens (tertiary/aromatic N) is 2. The molecule has 0 amide bonds. The number of pyridine rings is 1. The zero-order chi connectivity index (χ0) is 24.5. The molecular formula is C27H17F3N2O2S. The number of hydrogen-bond donors (Lipinski definition) is 1. The average molecular weight is 491 g/mol. The fraction of sp³-hybridized carbons (Fsp3) is 0.0741. The van der Waals surface area contributed by atoms with Gasteiger partial charge in [0, 0.05) is 23.6 Å². The topological polar surface area (TPSA) is 63.1 Å². The first kappa shape index (κ1) is 22.7. The van der Waals surface area contributed by atoms with Crippen LogP contribution in [0.5, 0.6) is 0 Å². The van der Waals surface area contributed by atoms with Crippen molar-refractivity contribution in [2.24, 2.45) is 0 Å². The molecule has 0 bridgehead atoms. The zero-order valence-corrected chi connectivity index (χ0v) is 19.0. The minimum absolute atomic E-state index is 0.0696. The second kappa shape index (κ2) is 9.31. The second-order valence-corrected chi connectivity index (χ2v) is 9.01. The lowest BCUT2D eigenvalue weighted by molar-refractivity contribution is -0.136. The smallest absolute Gasteiger partial charge is 0.307 e. The number of aromatic nitrogens is 2. The first-order valence-corrected chi connectivity index (χ1v) is 11.5. The first-order valence-electron chi connectivity index (χ1n) is 10.7. The van der Waals surface area contributed by atoms with Crippen LogP contribution in [-0.2, 0) is 17.6 Å². The van der Waals surface area contributed by atoms with Crippen LogP contribution in [-0.4, -0.2) is 21.0 Å². The maximum absolute atomic E-state index is 14.3. The van der Waals surface area contributed by atoms with Gasteiger partial charge in [-0.3, -0.25) is 4.79 Å². The molecule has 0 aliphatic heterocycles. The van der Waals surface area contributed by atoms with Gasteiger partial charge in [-0.1, -0.05) is 66.7 Å². The summed E-state index contributed by atoms with van der Waals surface area (Å²) in [6.45, 7) is 0. The standard InChI is InChI=1S/C27H17F3N2O2S/c28-19-14-20(29)27-26(23(19)30)31-21(35-27)12-17-11-18(13-22(33)34)25(16-9-5-2-6-10-16)32-24(17)15-7-3-1-4-8-15/h1-11,14H,12-13H2,(H,33,34). The molecule has 174 valence electrons. The summed E-state index contributed by atoms with van der Waals surface area (Å²) in [4.78, 5) is 20.7. The van der Waals surface area contributed by atoms with Crippen LogP contribution >= 0.6 is 11.3 Å². The van der Waals surface area contributed by atoms with Crippen molar-refractivity contribution in [3.63, 3.8) is 0 Å². The molecule has 5 aromatic rings. The van der Waals surface area contributed by atoms with Crippen LogP contribution in [0.15, 0.2) is 72.8 Å². The summed E-state index contributed by atoms with van der Waals surface area (Å²) in [6, 6.07) is 20.9. The van der Waals surface area contributed by atoms with Gasteiger partial charge in [0.05, 0.1) is 27.5 Å². The fourth-order valence-electron chi connectivity index (χ4n) is 3.99. The molecule has 0 radical (unpaired) electrons. The Hall–Kier alpha value is -4.04. The van der Waals surface area contributed by atoms with E-state index in [1.54, 1.807) is 6.07 Å². The molecule has 0 fully saturated rings. The lowest BCUT2D eigenvalue weighted by atomic mass is 9.96. The molecule has 0 saturated heterocycles. The third-order valence-electron chi connectivity index (χ3n) is 5.52. The Balaban J connectivity index is 1.70. The van der Waals surface area contributed by atoms with Gasteiger partial charge in [0.25, 0.3) is 0 Å². The predicted molar refractivity (Wildman–Crippen MR) is 129 cm³/mol. The van der Waals surface area contributed by atoms with Crippen molar-refractivity contribution in [1.29, 1.82) is 0 Å². The number of hydrogen-bond acceptors (Lipinski definition) is 4. The molecule has 5 rings (SSSR count). The van der Waals surface area contributed by atoms with Crippen LogP contribution in [0.4, 0.5) is 13.2 Å². The summed E-state index contributed by atoms with van der Waals surface area (Å²) in [5.74, 6) is -4.39. The number of aliphatic carboxylic acids is 1. The summed E-state index contributed by atoms with van der Waals surface area (Å²) in [6.07, 6.45) is -0.119.